The van der Waals surface area contributed by atoms with Crippen LogP contribution in [0.4, 0.5) is 10.1 Å². The predicted octanol–water partition coefficient (Wildman–Crippen LogP) is 3.66. The minimum absolute atomic E-state index is 0.0731. The van der Waals surface area contributed by atoms with Crippen molar-refractivity contribution in [1.82, 2.24) is 0 Å². The van der Waals surface area contributed by atoms with E-state index >= 15 is 0 Å². The Balaban J connectivity index is 2.12. The van der Waals surface area contributed by atoms with Crippen LogP contribution in [-0.2, 0) is 6.42 Å². The van der Waals surface area contributed by atoms with E-state index in [0.29, 0.717) is 12.1 Å². The van der Waals surface area contributed by atoms with Crippen LogP contribution in [0.2, 0.25) is 5.02 Å². The molecule has 2 rings (SSSR count). The molecular weight excluding hydrogens is 293 g/mol. The zero-order chi connectivity index (χ0) is 15.2. The van der Waals surface area contributed by atoms with E-state index in [-0.39, 0.29) is 23.1 Å². The fourth-order valence-corrected chi connectivity index (χ4v) is 2.21. The summed E-state index contributed by atoms with van der Waals surface area (Å²) in [5.41, 5.74) is 1.88. The van der Waals surface area contributed by atoms with Crippen molar-refractivity contribution in [2.24, 2.45) is 0 Å². The molecule has 0 aromatic heterocycles. The van der Waals surface area contributed by atoms with Crippen molar-refractivity contribution >= 4 is 23.2 Å². The van der Waals surface area contributed by atoms with E-state index in [1.807, 2.05) is 18.2 Å². The predicted molar refractivity (Wildman–Crippen MR) is 81.2 cm³/mol. The Morgan fingerprint density at radius 1 is 1.24 bits per heavy atom. The van der Waals surface area contributed by atoms with Gasteiger partial charge >= 0.3 is 0 Å². The third kappa shape index (κ3) is 4.28. The molecule has 0 atom stereocenters. The van der Waals surface area contributed by atoms with E-state index in [1.165, 1.54) is 12.1 Å². The quantitative estimate of drug-likeness (QED) is 0.885. The van der Waals surface area contributed by atoms with Crippen LogP contribution in [-0.4, -0.2) is 17.6 Å². The number of hydrogen-bond acceptors (Lipinski definition) is 2. The second kappa shape index (κ2) is 7.20. The van der Waals surface area contributed by atoms with Crippen LogP contribution >= 0.6 is 11.6 Å². The highest BCUT2D eigenvalue weighted by Gasteiger charge is 2.11. The molecule has 2 aromatic rings. The number of aliphatic hydroxyl groups excluding tert-OH is 1. The summed E-state index contributed by atoms with van der Waals surface area (Å²) in [6.07, 6.45) is 1.40. The van der Waals surface area contributed by atoms with Crippen molar-refractivity contribution in [3.8, 4) is 0 Å². The molecule has 2 aromatic carbocycles. The van der Waals surface area contributed by atoms with Gasteiger partial charge in [-0.15, -0.1) is 0 Å². The summed E-state index contributed by atoms with van der Waals surface area (Å²) in [4.78, 5) is 12.1. The Morgan fingerprint density at radius 3 is 2.76 bits per heavy atom. The number of aliphatic hydroxyl groups is 1. The summed E-state index contributed by atoms with van der Waals surface area (Å²) in [5.74, 6) is -0.873. The Bertz CT molecular complexity index is 646. The number of aryl methyl sites for hydroxylation is 1. The molecule has 0 saturated heterocycles. The third-order valence-corrected chi connectivity index (χ3v) is 3.30. The standard InChI is InChI=1S/C16H15ClFNO2/c17-15-10-12(18)6-7-14(15)16(21)19-13-5-1-3-11(9-13)4-2-8-20/h1,3,5-7,9-10,20H,2,4,8H2,(H,19,21). The number of nitrogens with one attached hydrogen (secondary N) is 1. The van der Waals surface area contributed by atoms with E-state index in [4.69, 9.17) is 16.7 Å². The van der Waals surface area contributed by atoms with Gasteiger partial charge in [0.1, 0.15) is 5.82 Å². The molecule has 0 spiro atoms. The molecule has 110 valence electrons. The molecule has 0 radical (unpaired) electrons. The summed E-state index contributed by atoms with van der Waals surface area (Å²) in [6.45, 7) is 0.127. The van der Waals surface area contributed by atoms with Gasteiger partial charge in [0.2, 0.25) is 0 Å². The van der Waals surface area contributed by atoms with Crippen molar-refractivity contribution in [3.05, 3.63) is 64.4 Å². The molecule has 0 bridgehead atoms. The SMILES string of the molecule is O=C(Nc1cccc(CCCO)c1)c1ccc(F)cc1Cl. The fourth-order valence-electron chi connectivity index (χ4n) is 1.96. The normalized spacial score (nSPS) is 10.4. The van der Waals surface area contributed by atoms with Gasteiger partial charge in [-0.3, -0.25) is 4.79 Å². The molecule has 3 nitrogen and oxygen atoms in total. The van der Waals surface area contributed by atoms with E-state index < -0.39 is 5.82 Å². The number of amides is 1. The first kappa shape index (κ1) is 15.5. The summed E-state index contributed by atoms with van der Waals surface area (Å²) < 4.78 is 13.0. The lowest BCUT2D eigenvalue weighted by atomic mass is 10.1. The summed E-state index contributed by atoms with van der Waals surface area (Å²) in [7, 11) is 0. The van der Waals surface area contributed by atoms with Gasteiger partial charge in [0.05, 0.1) is 10.6 Å². The highest BCUT2D eigenvalue weighted by Crippen LogP contribution is 2.19. The van der Waals surface area contributed by atoms with E-state index in [9.17, 15) is 9.18 Å². The molecule has 1 amide bonds. The van der Waals surface area contributed by atoms with Crippen LogP contribution in [0.1, 0.15) is 22.3 Å². The molecule has 0 fully saturated rings. The summed E-state index contributed by atoms with van der Waals surface area (Å²) in [5, 5.41) is 11.6. The highest BCUT2D eigenvalue weighted by atomic mass is 35.5. The van der Waals surface area contributed by atoms with Gasteiger partial charge in [0.15, 0.2) is 0 Å². The Hall–Kier alpha value is -1.91. The molecular formula is C16H15ClFNO2. The molecule has 0 aliphatic heterocycles. The maximum Gasteiger partial charge on any atom is 0.257 e. The minimum atomic E-state index is -0.484. The van der Waals surface area contributed by atoms with Crippen LogP contribution < -0.4 is 5.32 Å². The van der Waals surface area contributed by atoms with Crippen molar-refractivity contribution in [2.45, 2.75) is 12.8 Å². The highest BCUT2D eigenvalue weighted by molar-refractivity contribution is 6.34. The van der Waals surface area contributed by atoms with Gasteiger partial charge in [-0.2, -0.15) is 0 Å². The van der Waals surface area contributed by atoms with Gasteiger partial charge < -0.3 is 10.4 Å². The Kier molecular flexibility index (Phi) is 5.31. The lowest BCUT2D eigenvalue weighted by Crippen LogP contribution is -2.12. The third-order valence-electron chi connectivity index (χ3n) is 2.98. The smallest absolute Gasteiger partial charge is 0.257 e. The van der Waals surface area contributed by atoms with Gasteiger partial charge in [-0.05, 0) is 48.7 Å². The molecule has 0 saturated carbocycles. The van der Waals surface area contributed by atoms with Gasteiger partial charge in [-0.25, -0.2) is 4.39 Å². The monoisotopic (exact) mass is 307 g/mol. The first-order valence-corrected chi connectivity index (χ1v) is 6.94. The molecule has 21 heavy (non-hydrogen) atoms. The van der Waals surface area contributed by atoms with Gasteiger partial charge in [-0.1, -0.05) is 23.7 Å². The molecule has 0 aliphatic carbocycles. The van der Waals surface area contributed by atoms with Gasteiger partial charge in [0.25, 0.3) is 5.91 Å². The molecule has 5 heteroatoms. The van der Waals surface area contributed by atoms with Crippen LogP contribution in [0.3, 0.4) is 0 Å². The van der Waals surface area contributed by atoms with E-state index in [2.05, 4.69) is 5.32 Å². The number of anilines is 1. The average Bonchev–Trinajstić information content (AvgIpc) is 2.45. The molecule has 0 unspecified atom stereocenters. The van der Waals surface area contributed by atoms with Crippen molar-refractivity contribution < 1.29 is 14.3 Å². The zero-order valence-electron chi connectivity index (χ0n) is 11.3. The van der Waals surface area contributed by atoms with E-state index in [1.54, 1.807) is 6.07 Å². The summed E-state index contributed by atoms with van der Waals surface area (Å²) >= 11 is 5.86. The maximum absolute atomic E-state index is 13.0. The molecule has 2 N–H and O–H groups in total. The lowest BCUT2D eigenvalue weighted by Gasteiger charge is -2.08. The average molecular weight is 308 g/mol. The fraction of sp³-hybridized carbons (Fsp3) is 0.188. The van der Waals surface area contributed by atoms with Crippen LogP contribution in [0.5, 0.6) is 0 Å². The Morgan fingerprint density at radius 2 is 2.05 bits per heavy atom. The van der Waals surface area contributed by atoms with Crippen LogP contribution in [0, 0.1) is 5.82 Å². The number of benzene rings is 2. The number of carbonyl (C=O) groups excluding carboxylic acids is 1. The Labute approximate surface area is 127 Å². The largest absolute Gasteiger partial charge is 0.396 e. The van der Waals surface area contributed by atoms with Gasteiger partial charge in [0, 0.05) is 12.3 Å². The van der Waals surface area contributed by atoms with Crippen LogP contribution in [0.25, 0.3) is 0 Å². The lowest BCUT2D eigenvalue weighted by molar-refractivity contribution is 0.102. The zero-order valence-corrected chi connectivity index (χ0v) is 12.0. The number of halogens is 2. The van der Waals surface area contributed by atoms with Crippen molar-refractivity contribution in [2.75, 3.05) is 11.9 Å². The first-order chi connectivity index (χ1) is 10.1. The second-order valence-electron chi connectivity index (χ2n) is 4.61. The molecule has 0 heterocycles. The molecule has 0 aliphatic rings. The minimum Gasteiger partial charge on any atom is -0.396 e. The number of rotatable bonds is 5. The van der Waals surface area contributed by atoms with Crippen molar-refractivity contribution in [3.63, 3.8) is 0 Å². The summed E-state index contributed by atoms with van der Waals surface area (Å²) in [6, 6.07) is 11.0. The topological polar surface area (TPSA) is 49.3 Å². The number of hydrogen-bond donors (Lipinski definition) is 2. The van der Waals surface area contributed by atoms with Crippen LogP contribution in [0.15, 0.2) is 42.5 Å². The first-order valence-electron chi connectivity index (χ1n) is 6.56. The maximum atomic E-state index is 13.0. The second-order valence-corrected chi connectivity index (χ2v) is 5.01. The van der Waals surface area contributed by atoms with E-state index in [0.717, 1.165) is 18.1 Å². The number of carbonyl (C=O) groups is 1. The van der Waals surface area contributed by atoms with Crippen molar-refractivity contribution in [1.29, 1.82) is 0 Å².